The maximum atomic E-state index is 12.6. The Kier molecular flexibility index (Phi) is 7.22. The van der Waals surface area contributed by atoms with Crippen molar-refractivity contribution < 1.29 is 17.9 Å². The minimum Gasteiger partial charge on any atom is -0.497 e. The van der Waals surface area contributed by atoms with Crippen LogP contribution in [0.5, 0.6) is 5.75 Å². The van der Waals surface area contributed by atoms with Gasteiger partial charge in [0, 0.05) is 5.75 Å². The van der Waals surface area contributed by atoms with Gasteiger partial charge in [0.25, 0.3) is 0 Å². The molecule has 0 unspecified atom stereocenters. The molecule has 146 valence electrons. The third-order valence-electron chi connectivity index (χ3n) is 3.38. The fourth-order valence-corrected chi connectivity index (χ4v) is 4.89. The van der Waals surface area contributed by atoms with Crippen LogP contribution in [0, 0.1) is 0 Å². The van der Waals surface area contributed by atoms with Gasteiger partial charge in [-0.25, -0.2) is 8.42 Å². The molecule has 1 aromatic heterocycles. The lowest BCUT2D eigenvalue weighted by atomic mass is 10.2. The molecule has 0 spiro atoms. The quantitative estimate of drug-likeness (QED) is 0.372. The first-order valence-electron chi connectivity index (χ1n) is 7.77. The number of hydrogen-bond acceptors (Lipinski definition) is 8. The first kappa shape index (κ1) is 21.2. The van der Waals surface area contributed by atoms with Crippen molar-refractivity contribution in [3.05, 3.63) is 36.9 Å². The topological polar surface area (TPSA) is 101 Å². The molecule has 0 saturated heterocycles. The van der Waals surface area contributed by atoms with Crippen molar-refractivity contribution in [2.24, 2.45) is 0 Å². The molecule has 0 fully saturated rings. The van der Waals surface area contributed by atoms with Crippen LogP contribution in [0.3, 0.4) is 0 Å². The lowest BCUT2D eigenvalue weighted by Gasteiger charge is -2.27. The van der Waals surface area contributed by atoms with E-state index in [0.717, 1.165) is 10.6 Å². The molecule has 0 bridgehead atoms. The summed E-state index contributed by atoms with van der Waals surface area (Å²) in [6.07, 6.45) is 2.79. The minimum absolute atomic E-state index is 0.307. The Morgan fingerprint density at radius 3 is 2.63 bits per heavy atom. The molecule has 0 radical (unpaired) electrons. The van der Waals surface area contributed by atoms with Gasteiger partial charge in [-0.2, -0.15) is 0 Å². The van der Waals surface area contributed by atoms with Crippen molar-refractivity contribution in [1.29, 1.82) is 0 Å². The van der Waals surface area contributed by atoms with Gasteiger partial charge in [-0.15, -0.1) is 16.8 Å². The summed E-state index contributed by atoms with van der Waals surface area (Å²) in [6.45, 7) is 5.14. The number of carbonyl (C=O) groups is 1. The average molecular weight is 429 g/mol. The first-order valence-corrected chi connectivity index (χ1v) is 11.4. The highest BCUT2D eigenvalue weighted by Crippen LogP contribution is 2.27. The molecule has 2 rings (SSSR count). The van der Waals surface area contributed by atoms with Crippen LogP contribution in [0.15, 0.2) is 41.3 Å². The average Bonchev–Trinajstić information content (AvgIpc) is 3.06. The molecule has 1 amide bonds. The largest absolute Gasteiger partial charge is 0.497 e. The van der Waals surface area contributed by atoms with Gasteiger partial charge in [-0.05, 0) is 31.2 Å². The predicted octanol–water partition coefficient (Wildman–Crippen LogP) is 2.62. The SMILES string of the molecule is C=CCSc1nnc(NC(=O)[C@@H](C)N(c2ccc(OC)cc2)S(C)(=O)=O)s1. The smallest absolute Gasteiger partial charge is 0.249 e. The van der Waals surface area contributed by atoms with Crippen LogP contribution in [-0.2, 0) is 14.8 Å². The van der Waals surface area contributed by atoms with Crippen molar-refractivity contribution in [3.63, 3.8) is 0 Å². The second-order valence-electron chi connectivity index (χ2n) is 5.39. The van der Waals surface area contributed by atoms with Gasteiger partial charge in [0.15, 0.2) is 4.34 Å². The van der Waals surface area contributed by atoms with Crippen LogP contribution in [0.4, 0.5) is 10.8 Å². The summed E-state index contributed by atoms with van der Waals surface area (Å²) in [4.78, 5) is 12.6. The highest BCUT2D eigenvalue weighted by molar-refractivity contribution is 8.01. The van der Waals surface area contributed by atoms with Gasteiger partial charge in [0.05, 0.1) is 19.1 Å². The summed E-state index contributed by atoms with van der Waals surface area (Å²) in [5.41, 5.74) is 0.362. The van der Waals surface area contributed by atoms with E-state index in [1.54, 1.807) is 30.3 Å². The Balaban J connectivity index is 2.18. The first-order chi connectivity index (χ1) is 12.8. The zero-order valence-electron chi connectivity index (χ0n) is 15.1. The number of aromatic nitrogens is 2. The van der Waals surface area contributed by atoms with Crippen molar-refractivity contribution in [2.45, 2.75) is 17.3 Å². The van der Waals surface area contributed by atoms with Crippen molar-refractivity contribution >= 4 is 49.8 Å². The summed E-state index contributed by atoms with van der Waals surface area (Å²) in [5.74, 6) is 0.758. The van der Waals surface area contributed by atoms with Crippen molar-refractivity contribution in [1.82, 2.24) is 10.2 Å². The minimum atomic E-state index is -3.70. The van der Waals surface area contributed by atoms with E-state index in [1.807, 2.05) is 0 Å². The summed E-state index contributed by atoms with van der Waals surface area (Å²) in [6, 6.07) is 5.44. The summed E-state index contributed by atoms with van der Waals surface area (Å²) < 4.78 is 31.4. The summed E-state index contributed by atoms with van der Waals surface area (Å²) in [7, 11) is -2.18. The third kappa shape index (κ3) is 5.68. The van der Waals surface area contributed by atoms with E-state index < -0.39 is 22.0 Å². The molecule has 0 aliphatic rings. The standard InChI is InChI=1S/C16H20N4O4S3/c1-5-10-25-16-19-18-15(26-16)17-14(21)11(2)20(27(4,22)23)12-6-8-13(24-3)9-7-12/h5-9,11H,1,10H2,2-4H3,(H,17,18,21)/t11-/m1/s1. The number of amides is 1. The molecule has 1 atom stereocenters. The fourth-order valence-electron chi connectivity index (χ4n) is 2.20. The Morgan fingerprint density at radius 2 is 2.07 bits per heavy atom. The third-order valence-corrected chi connectivity index (χ3v) is 6.59. The Labute approximate surface area is 166 Å². The maximum Gasteiger partial charge on any atom is 0.249 e. The number of nitrogens with zero attached hydrogens (tertiary/aromatic N) is 3. The Morgan fingerprint density at radius 1 is 1.41 bits per heavy atom. The van der Waals surface area contributed by atoms with Gasteiger partial charge in [-0.1, -0.05) is 29.2 Å². The van der Waals surface area contributed by atoms with Crippen LogP contribution in [-0.4, -0.2) is 49.7 Å². The van der Waals surface area contributed by atoms with Gasteiger partial charge in [-0.3, -0.25) is 14.4 Å². The van der Waals surface area contributed by atoms with Crippen molar-refractivity contribution in [2.75, 3.05) is 28.7 Å². The molecule has 0 aliphatic carbocycles. The normalized spacial score (nSPS) is 12.3. The van der Waals surface area contributed by atoms with E-state index in [0.29, 0.717) is 26.7 Å². The molecule has 1 N–H and O–H groups in total. The highest BCUT2D eigenvalue weighted by Gasteiger charge is 2.29. The van der Waals surface area contributed by atoms with Crippen molar-refractivity contribution in [3.8, 4) is 5.75 Å². The van der Waals surface area contributed by atoms with E-state index in [2.05, 4.69) is 22.1 Å². The second-order valence-corrected chi connectivity index (χ2v) is 9.50. The zero-order valence-corrected chi connectivity index (χ0v) is 17.5. The maximum absolute atomic E-state index is 12.6. The van der Waals surface area contributed by atoms with Crippen LogP contribution < -0.4 is 14.4 Å². The molecule has 1 heterocycles. The number of rotatable bonds is 9. The van der Waals surface area contributed by atoms with Gasteiger partial charge < -0.3 is 4.74 Å². The predicted molar refractivity (Wildman–Crippen MR) is 109 cm³/mol. The molecule has 27 heavy (non-hydrogen) atoms. The molecule has 8 nitrogen and oxygen atoms in total. The van der Waals surface area contributed by atoms with E-state index in [4.69, 9.17) is 4.74 Å². The van der Waals surface area contributed by atoms with Crippen LogP contribution >= 0.6 is 23.1 Å². The molecular formula is C16H20N4O4S3. The number of anilines is 2. The van der Waals surface area contributed by atoms with Gasteiger partial charge in [0.2, 0.25) is 21.1 Å². The monoisotopic (exact) mass is 428 g/mol. The number of sulfonamides is 1. The number of methoxy groups -OCH3 is 1. The number of carbonyl (C=O) groups excluding carboxylic acids is 1. The number of nitrogens with one attached hydrogen (secondary N) is 1. The van der Waals surface area contributed by atoms with Crippen LogP contribution in [0.2, 0.25) is 0 Å². The van der Waals surface area contributed by atoms with Crippen LogP contribution in [0.25, 0.3) is 0 Å². The number of hydrogen-bond donors (Lipinski definition) is 1. The molecular weight excluding hydrogens is 408 g/mol. The summed E-state index contributed by atoms with van der Waals surface area (Å²) >= 11 is 2.66. The second kappa shape index (κ2) is 9.20. The highest BCUT2D eigenvalue weighted by atomic mass is 32.2. The number of ether oxygens (including phenoxy) is 1. The Bertz CT molecular complexity index is 897. The fraction of sp³-hybridized carbons (Fsp3) is 0.312. The van der Waals surface area contributed by atoms with Gasteiger partial charge >= 0.3 is 0 Å². The zero-order chi connectivity index (χ0) is 20.0. The lowest BCUT2D eigenvalue weighted by molar-refractivity contribution is -0.116. The molecule has 0 aliphatic heterocycles. The van der Waals surface area contributed by atoms with E-state index in [-0.39, 0.29) is 0 Å². The van der Waals surface area contributed by atoms with E-state index in [1.165, 1.54) is 37.1 Å². The van der Waals surface area contributed by atoms with Crippen LogP contribution in [0.1, 0.15) is 6.92 Å². The van der Waals surface area contributed by atoms with Gasteiger partial charge in [0.1, 0.15) is 11.8 Å². The van der Waals surface area contributed by atoms with E-state index in [9.17, 15) is 13.2 Å². The number of benzene rings is 1. The molecule has 11 heteroatoms. The number of thioether (sulfide) groups is 1. The summed E-state index contributed by atoms with van der Waals surface area (Å²) in [5, 5.41) is 10.8. The van der Waals surface area contributed by atoms with E-state index >= 15 is 0 Å². The Hall–Kier alpha value is -2.11. The molecule has 2 aromatic rings. The lowest BCUT2D eigenvalue weighted by Crippen LogP contribution is -2.45. The molecule has 1 aromatic carbocycles. The molecule has 0 saturated carbocycles.